The Kier molecular flexibility index (Phi) is 5.64. The van der Waals surface area contributed by atoms with Crippen molar-refractivity contribution in [3.8, 4) is 0 Å². The van der Waals surface area contributed by atoms with E-state index < -0.39 is 27.5 Å². The second-order valence-electron chi connectivity index (χ2n) is 5.43. The minimum Gasteiger partial charge on any atom is -0.462 e. The van der Waals surface area contributed by atoms with Gasteiger partial charge in [0.05, 0.1) is 17.2 Å². The van der Waals surface area contributed by atoms with Crippen LogP contribution < -0.4 is 5.32 Å². The molecule has 3 aromatic rings. The van der Waals surface area contributed by atoms with Crippen LogP contribution in [0.15, 0.2) is 40.7 Å². The zero-order valence-electron chi connectivity index (χ0n) is 14.0. The fourth-order valence-corrected chi connectivity index (χ4v) is 4.47. The SMILES string of the molecule is CCOC(=O)c1cnc2c(Cl)scc2c1NCS(=O)(=O)c1ccc(F)cc1. The molecule has 0 aliphatic carbocycles. The summed E-state index contributed by atoms with van der Waals surface area (Å²) in [7, 11) is -3.77. The van der Waals surface area contributed by atoms with Gasteiger partial charge in [-0.05, 0) is 31.2 Å². The fourth-order valence-electron chi connectivity index (χ4n) is 2.41. The number of carbonyl (C=O) groups is 1. The quantitative estimate of drug-likeness (QED) is 0.469. The van der Waals surface area contributed by atoms with Crippen molar-refractivity contribution in [3.05, 3.63) is 51.6 Å². The van der Waals surface area contributed by atoms with Gasteiger partial charge in [0.1, 0.15) is 27.1 Å². The zero-order valence-corrected chi connectivity index (χ0v) is 16.4. The van der Waals surface area contributed by atoms with Crippen LogP contribution in [-0.4, -0.2) is 31.9 Å². The number of thiophene rings is 1. The lowest BCUT2D eigenvalue weighted by Gasteiger charge is -2.13. The summed E-state index contributed by atoms with van der Waals surface area (Å²) in [5.41, 5.74) is 0.830. The molecule has 0 amide bonds. The van der Waals surface area contributed by atoms with Crippen molar-refractivity contribution in [2.45, 2.75) is 11.8 Å². The van der Waals surface area contributed by atoms with Gasteiger partial charge in [-0.25, -0.2) is 17.6 Å². The predicted molar refractivity (Wildman–Crippen MR) is 103 cm³/mol. The molecule has 2 aromatic heterocycles. The topological polar surface area (TPSA) is 85.4 Å². The highest BCUT2D eigenvalue weighted by atomic mass is 35.5. The third kappa shape index (κ3) is 4.05. The molecule has 6 nitrogen and oxygen atoms in total. The van der Waals surface area contributed by atoms with Crippen LogP contribution in [0.25, 0.3) is 10.9 Å². The van der Waals surface area contributed by atoms with Crippen molar-refractivity contribution in [2.75, 3.05) is 17.8 Å². The predicted octanol–water partition coefficient (Wildman–Crippen LogP) is 4.11. The summed E-state index contributed by atoms with van der Waals surface area (Å²) >= 11 is 7.31. The van der Waals surface area contributed by atoms with E-state index in [2.05, 4.69) is 10.3 Å². The van der Waals surface area contributed by atoms with Crippen LogP contribution in [0, 0.1) is 5.82 Å². The normalized spacial score (nSPS) is 11.5. The van der Waals surface area contributed by atoms with Gasteiger partial charge in [-0.15, -0.1) is 11.3 Å². The maximum Gasteiger partial charge on any atom is 0.341 e. The van der Waals surface area contributed by atoms with Crippen molar-refractivity contribution >= 4 is 55.3 Å². The van der Waals surface area contributed by atoms with Crippen LogP contribution in [0.3, 0.4) is 0 Å². The molecule has 1 aromatic carbocycles. The van der Waals surface area contributed by atoms with Crippen molar-refractivity contribution < 1.29 is 22.3 Å². The second-order valence-corrected chi connectivity index (χ2v) is 8.90. The van der Waals surface area contributed by atoms with E-state index in [-0.39, 0.29) is 22.8 Å². The Morgan fingerprint density at radius 2 is 2.04 bits per heavy atom. The molecule has 0 aliphatic heterocycles. The summed E-state index contributed by atoms with van der Waals surface area (Å²) in [4.78, 5) is 16.3. The number of anilines is 1. The van der Waals surface area contributed by atoms with E-state index in [9.17, 15) is 17.6 Å². The number of rotatable bonds is 6. The molecule has 142 valence electrons. The molecule has 0 fully saturated rings. The summed E-state index contributed by atoms with van der Waals surface area (Å²) in [6.45, 7) is 1.83. The number of hydrogen-bond donors (Lipinski definition) is 1. The van der Waals surface area contributed by atoms with E-state index in [1.54, 1.807) is 12.3 Å². The number of ether oxygens (including phenoxy) is 1. The molecule has 0 saturated heterocycles. The number of nitrogens with one attached hydrogen (secondary N) is 1. The third-order valence-corrected chi connectivity index (χ3v) is 6.40. The fraction of sp³-hybridized carbons (Fsp3) is 0.176. The van der Waals surface area contributed by atoms with Gasteiger partial charge in [0.2, 0.25) is 0 Å². The minimum absolute atomic E-state index is 0.0391. The first-order valence-electron chi connectivity index (χ1n) is 7.78. The number of hydrogen-bond acceptors (Lipinski definition) is 7. The monoisotopic (exact) mass is 428 g/mol. The lowest BCUT2D eigenvalue weighted by atomic mass is 10.1. The van der Waals surface area contributed by atoms with Gasteiger partial charge in [-0.3, -0.25) is 4.98 Å². The largest absolute Gasteiger partial charge is 0.462 e. The summed E-state index contributed by atoms with van der Waals surface area (Å²) < 4.78 is 43.5. The Labute approximate surface area is 163 Å². The lowest BCUT2D eigenvalue weighted by Crippen LogP contribution is -2.18. The summed E-state index contributed by atoms with van der Waals surface area (Å²) in [5, 5.41) is 4.99. The number of benzene rings is 1. The van der Waals surface area contributed by atoms with Gasteiger partial charge < -0.3 is 10.1 Å². The number of nitrogens with zero attached hydrogens (tertiary/aromatic N) is 1. The van der Waals surface area contributed by atoms with Crippen LogP contribution in [-0.2, 0) is 14.6 Å². The first kappa shape index (κ1) is 19.5. The van der Waals surface area contributed by atoms with Crippen molar-refractivity contribution in [2.24, 2.45) is 0 Å². The van der Waals surface area contributed by atoms with Crippen LogP contribution in [0.5, 0.6) is 0 Å². The molecule has 10 heteroatoms. The molecule has 0 bridgehead atoms. The van der Waals surface area contributed by atoms with E-state index in [0.717, 1.165) is 12.1 Å². The highest BCUT2D eigenvalue weighted by Crippen LogP contribution is 2.35. The molecule has 27 heavy (non-hydrogen) atoms. The first-order valence-corrected chi connectivity index (χ1v) is 10.7. The molecule has 0 saturated carbocycles. The zero-order chi connectivity index (χ0) is 19.6. The average molecular weight is 429 g/mol. The van der Waals surface area contributed by atoms with Gasteiger partial charge in [0.25, 0.3) is 0 Å². The number of fused-ring (bicyclic) bond motifs is 1. The van der Waals surface area contributed by atoms with Crippen molar-refractivity contribution in [1.29, 1.82) is 0 Å². The lowest BCUT2D eigenvalue weighted by molar-refractivity contribution is 0.0527. The molecular formula is C17H14ClFN2O4S2. The number of esters is 1. The Hall–Kier alpha value is -2.23. The molecule has 3 rings (SSSR count). The smallest absolute Gasteiger partial charge is 0.341 e. The molecule has 2 heterocycles. The molecule has 0 atom stereocenters. The molecule has 1 N–H and O–H groups in total. The number of halogens is 2. The Bertz CT molecular complexity index is 1100. The van der Waals surface area contributed by atoms with Crippen molar-refractivity contribution in [1.82, 2.24) is 4.98 Å². The van der Waals surface area contributed by atoms with Crippen LogP contribution >= 0.6 is 22.9 Å². The van der Waals surface area contributed by atoms with E-state index in [1.165, 1.54) is 29.7 Å². The molecular weight excluding hydrogens is 415 g/mol. The van der Waals surface area contributed by atoms with Gasteiger partial charge >= 0.3 is 5.97 Å². The average Bonchev–Trinajstić information content (AvgIpc) is 3.01. The number of sulfone groups is 1. The van der Waals surface area contributed by atoms with Crippen LogP contribution in [0.2, 0.25) is 4.34 Å². The molecule has 0 spiro atoms. The van der Waals surface area contributed by atoms with Crippen molar-refractivity contribution in [3.63, 3.8) is 0 Å². The first-order chi connectivity index (χ1) is 12.8. The Morgan fingerprint density at radius 3 is 2.70 bits per heavy atom. The molecule has 0 radical (unpaired) electrons. The standard InChI is InChI=1S/C17H14ClFN2O4S2/c1-2-25-17(22)12-7-20-15-13(8-26-16(15)18)14(12)21-9-27(23,24)11-5-3-10(19)4-6-11/h3-8,21H,2,9H2,1H3. The summed E-state index contributed by atoms with van der Waals surface area (Å²) in [6.07, 6.45) is 1.30. The van der Waals surface area contributed by atoms with Gasteiger partial charge in [-0.2, -0.15) is 0 Å². The summed E-state index contributed by atoms with van der Waals surface area (Å²) in [5.74, 6) is -1.66. The highest BCUT2D eigenvalue weighted by molar-refractivity contribution is 7.91. The number of pyridine rings is 1. The number of aromatic nitrogens is 1. The maximum absolute atomic E-state index is 13.0. The maximum atomic E-state index is 13.0. The minimum atomic E-state index is -3.77. The number of carbonyl (C=O) groups excluding carboxylic acids is 1. The summed E-state index contributed by atoms with van der Waals surface area (Å²) in [6, 6.07) is 4.50. The Morgan fingerprint density at radius 1 is 1.33 bits per heavy atom. The second kappa shape index (κ2) is 7.79. The van der Waals surface area contributed by atoms with E-state index >= 15 is 0 Å². The molecule has 0 aliphatic rings. The third-order valence-electron chi connectivity index (χ3n) is 3.69. The highest BCUT2D eigenvalue weighted by Gasteiger charge is 2.21. The van der Waals surface area contributed by atoms with E-state index in [4.69, 9.17) is 16.3 Å². The van der Waals surface area contributed by atoms with Crippen LogP contribution in [0.4, 0.5) is 10.1 Å². The molecule has 0 unspecified atom stereocenters. The van der Waals surface area contributed by atoms with Crippen LogP contribution in [0.1, 0.15) is 17.3 Å². The van der Waals surface area contributed by atoms with Gasteiger partial charge in [0.15, 0.2) is 9.84 Å². The Balaban J connectivity index is 1.98. The van der Waals surface area contributed by atoms with E-state index in [0.29, 0.717) is 15.2 Å². The van der Waals surface area contributed by atoms with Gasteiger partial charge in [-0.1, -0.05) is 11.6 Å². The van der Waals surface area contributed by atoms with E-state index in [1.807, 2.05) is 0 Å². The van der Waals surface area contributed by atoms with Gasteiger partial charge in [0, 0.05) is 17.0 Å².